The molecule has 0 aliphatic carbocycles. The highest BCUT2D eigenvalue weighted by Crippen LogP contribution is 2.14. The Hall–Kier alpha value is -0.460. The van der Waals surface area contributed by atoms with Gasteiger partial charge in [0.25, 0.3) is 0 Å². The van der Waals surface area contributed by atoms with Gasteiger partial charge in [0.2, 0.25) is 0 Å². The number of sulfone groups is 1. The van der Waals surface area contributed by atoms with Crippen molar-refractivity contribution in [2.45, 2.75) is 32.1 Å². The van der Waals surface area contributed by atoms with Crippen molar-refractivity contribution in [3.8, 4) is 0 Å². The molecule has 0 aliphatic rings. The van der Waals surface area contributed by atoms with Gasteiger partial charge in [0.05, 0.1) is 15.4 Å². The van der Waals surface area contributed by atoms with Crippen molar-refractivity contribution in [2.75, 3.05) is 12.8 Å². The Morgan fingerprint density at radius 3 is 2.56 bits per heavy atom. The van der Waals surface area contributed by atoms with Crippen molar-refractivity contribution >= 4 is 21.2 Å². The van der Waals surface area contributed by atoms with Crippen molar-refractivity contribution in [3.05, 3.63) is 16.1 Å². The molecule has 0 saturated carbocycles. The van der Waals surface area contributed by atoms with E-state index in [4.69, 9.17) is 0 Å². The summed E-state index contributed by atoms with van der Waals surface area (Å²) in [7, 11) is -3.03. The summed E-state index contributed by atoms with van der Waals surface area (Å²) in [6.45, 7) is 6.45. The van der Waals surface area contributed by atoms with Crippen molar-refractivity contribution in [2.24, 2.45) is 0 Å². The molecular formula is C10H18N2O2S2. The molecule has 0 amide bonds. The maximum absolute atomic E-state index is 11.4. The first-order chi connectivity index (χ1) is 7.22. The summed E-state index contributed by atoms with van der Waals surface area (Å²) in [5.74, 6) is 0. The zero-order valence-corrected chi connectivity index (χ0v) is 11.7. The van der Waals surface area contributed by atoms with Crippen molar-refractivity contribution < 1.29 is 8.42 Å². The zero-order valence-electron chi connectivity index (χ0n) is 10.1. The van der Waals surface area contributed by atoms with Gasteiger partial charge in [-0.3, -0.25) is 0 Å². The summed E-state index contributed by atoms with van der Waals surface area (Å²) in [6, 6.07) is 0. The SMILES string of the molecule is Cc1nc(CNCC(C)(C)S(C)(=O)=O)cs1. The summed E-state index contributed by atoms with van der Waals surface area (Å²) in [4.78, 5) is 4.30. The first-order valence-corrected chi connectivity index (χ1v) is 7.81. The van der Waals surface area contributed by atoms with Crippen LogP contribution >= 0.6 is 11.3 Å². The van der Waals surface area contributed by atoms with E-state index in [0.29, 0.717) is 13.1 Å². The van der Waals surface area contributed by atoms with Gasteiger partial charge < -0.3 is 5.32 Å². The van der Waals surface area contributed by atoms with Crippen LogP contribution < -0.4 is 5.32 Å². The van der Waals surface area contributed by atoms with Crippen LogP contribution in [-0.4, -0.2) is 30.9 Å². The van der Waals surface area contributed by atoms with Gasteiger partial charge in [0.15, 0.2) is 9.84 Å². The third-order valence-corrected chi connectivity index (χ3v) is 5.50. The molecule has 0 saturated heterocycles. The van der Waals surface area contributed by atoms with E-state index in [9.17, 15) is 8.42 Å². The van der Waals surface area contributed by atoms with E-state index < -0.39 is 14.6 Å². The maximum atomic E-state index is 11.4. The average Bonchev–Trinajstić information content (AvgIpc) is 2.49. The molecular weight excluding hydrogens is 244 g/mol. The Morgan fingerprint density at radius 2 is 2.12 bits per heavy atom. The minimum absolute atomic E-state index is 0.433. The third-order valence-electron chi connectivity index (χ3n) is 2.53. The molecule has 1 rings (SSSR count). The molecule has 1 aromatic rings. The second-order valence-corrected chi connectivity index (χ2v) is 8.21. The minimum atomic E-state index is -3.03. The molecule has 0 radical (unpaired) electrons. The monoisotopic (exact) mass is 262 g/mol. The third kappa shape index (κ3) is 3.54. The van der Waals surface area contributed by atoms with Gasteiger partial charge in [-0.1, -0.05) is 0 Å². The molecule has 0 aromatic carbocycles. The van der Waals surface area contributed by atoms with Crippen LogP contribution in [0.25, 0.3) is 0 Å². The lowest BCUT2D eigenvalue weighted by Crippen LogP contribution is -2.41. The number of hydrogen-bond donors (Lipinski definition) is 1. The molecule has 0 unspecified atom stereocenters. The lowest BCUT2D eigenvalue weighted by Gasteiger charge is -2.22. The quantitative estimate of drug-likeness (QED) is 0.870. The van der Waals surface area contributed by atoms with E-state index >= 15 is 0 Å². The summed E-state index contributed by atoms with van der Waals surface area (Å²) in [6.07, 6.45) is 1.27. The Kier molecular flexibility index (Phi) is 4.09. The van der Waals surface area contributed by atoms with Crippen LogP contribution in [0.4, 0.5) is 0 Å². The van der Waals surface area contributed by atoms with Gasteiger partial charge in [-0.2, -0.15) is 0 Å². The number of aryl methyl sites for hydroxylation is 1. The number of thiazole rings is 1. The maximum Gasteiger partial charge on any atom is 0.153 e. The number of hydrogen-bond acceptors (Lipinski definition) is 5. The van der Waals surface area contributed by atoms with Crippen LogP contribution in [0, 0.1) is 6.92 Å². The molecule has 6 heteroatoms. The Bertz CT molecular complexity index is 449. The highest BCUT2D eigenvalue weighted by Gasteiger charge is 2.29. The molecule has 1 N–H and O–H groups in total. The summed E-state index contributed by atoms with van der Waals surface area (Å²) >= 11 is 1.60. The van der Waals surface area contributed by atoms with Crippen molar-refractivity contribution in [1.82, 2.24) is 10.3 Å². The molecule has 0 atom stereocenters. The second-order valence-electron chi connectivity index (χ2n) is 4.49. The van der Waals surface area contributed by atoms with Crippen molar-refractivity contribution in [3.63, 3.8) is 0 Å². The van der Waals surface area contributed by atoms with E-state index in [1.54, 1.807) is 25.2 Å². The summed E-state index contributed by atoms with van der Waals surface area (Å²) in [5, 5.41) is 6.14. The number of rotatable bonds is 5. The molecule has 4 nitrogen and oxygen atoms in total. The van der Waals surface area contributed by atoms with Crippen LogP contribution in [0.1, 0.15) is 24.5 Å². The highest BCUT2D eigenvalue weighted by molar-refractivity contribution is 7.92. The van der Waals surface area contributed by atoms with Crippen LogP contribution in [0.5, 0.6) is 0 Å². The normalized spacial score (nSPS) is 13.0. The molecule has 1 aromatic heterocycles. The fraction of sp³-hybridized carbons (Fsp3) is 0.700. The average molecular weight is 262 g/mol. The predicted octanol–water partition coefficient (Wildman–Crippen LogP) is 1.36. The van der Waals surface area contributed by atoms with E-state index in [0.717, 1.165) is 10.7 Å². The topological polar surface area (TPSA) is 59.1 Å². The first-order valence-electron chi connectivity index (χ1n) is 5.04. The number of aromatic nitrogens is 1. The fourth-order valence-electron chi connectivity index (χ4n) is 1.11. The molecule has 92 valence electrons. The van der Waals surface area contributed by atoms with Crippen LogP contribution in [0.3, 0.4) is 0 Å². The molecule has 0 fully saturated rings. The lowest BCUT2D eigenvalue weighted by atomic mass is 10.2. The van der Waals surface area contributed by atoms with Crippen molar-refractivity contribution in [1.29, 1.82) is 0 Å². The Labute approximate surface area is 101 Å². The summed E-state index contributed by atoms with van der Waals surface area (Å²) in [5.41, 5.74) is 0.965. The van der Waals surface area contributed by atoms with Crippen LogP contribution in [-0.2, 0) is 16.4 Å². The van der Waals surface area contributed by atoms with E-state index in [1.165, 1.54) is 6.26 Å². The number of nitrogens with one attached hydrogen (secondary N) is 1. The smallest absolute Gasteiger partial charge is 0.153 e. The van der Waals surface area contributed by atoms with Gasteiger partial charge in [-0.05, 0) is 20.8 Å². The molecule has 0 bridgehead atoms. The molecule has 0 spiro atoms. The largest absolute Gasteiger partial charge is 0.310 e. The predicted molar refractivity (Wildman–Crippen MR) is 67.5 cm³/mol. The minimum Gasteiger partial charge on any atom is -0.310 e. The van der Waals surface area contributed by atoms with E-state index in [-0.39, 0.29) is 0 Å². The summed E-state index contributed by atoms with van der Waals surface area (Å²) < 4.78 is 22.2. The first kappa shape index (κ1) is 13.6. The molecule has 16 heavy (non-hydrogen) atoms. The number of nitrogens with zero attached hydrogens (tertiary/aromatic N) is 1. The Balaban J connectivity index is 2.48. The van der Waals surface area contributed by atoms with Gasteiger partial charge >= 0.3 is 0 Å². The van der Waals surface area contributed by atoms with Gasteiger partial charge in [0, 0.05) is 24.7 Å². The van der Waals surface area contributed by atoms with E-state index in [1.807, 2.05) is 12.3 Å². The Morgan fingerprint density at radius 1 is 1.50 bits per heavy atom. The van der Waals surface area contributed by atoms with Gasteiger partial charge in [0.1, 0.15) is 0 Å². The zero-order chi connectivity index (χ0) is 12.4. The van der Waals surface area contributed by atoms with Gasteiger partial charge in [-0.15, -0.1) is 11.3 Å². The van der Waals surface area contributed by atoms with Gasteiger partial charge in [-0.25, -0.2) is 13.4 Å². The fourth-order valence-corrected chi connectivity index (χ4v) is 2.09. The molecule has 1 heterocycles. The lowest BCUT2D eigenvalue weighted by molar-refractivity contribution is 0.520. The van der Waals surface area contributed by atoms with Crippen LogP contribution in [0.15, 0.2) is 5.38 Å². The van der Waals surface area contributed by atoms with Crippen LogP contribution in [0.2, 0.25) is 0 Å². The highest BCUT2D eigenvalue weighted by atomic mass is 32.2. The molecule has 0 aliphatic heterocycles. The van der Waals surface area contributed by atoms with E-state index in [2.05, 4.69) is 10.3 Å². The standard InChI is InChI=1S/C10H18N2O2S2/c1-8-12-9(6-15-8)5-11-7-10(2,3)16(4,13)14/h6,11H,5,7H2,1-4H3. The second kappa shape index (κ2) is 4.81.